The van der Waals surface area contributed by atoms with E-state index in [1.807, 2.05) is 0 Å². The van der Waals surface area contributed by atoms with Crippen LogP contribution in [0.2, 0.25) is 0 Å². The fourth-order valence-electron chi connectivity index (χ4n) is 1.33. The predicted octanol–water partition coefficient (Wildman–Crippen LogP) is -0.778. The molecule has 102 valence electrons. The van der Waals surface area contributed by atoms with Gasteiger partial charge in [0.2, 0.25) is 10.0 Å². The second kappa shape index (κ2) is 5.04. The van der Waals surface area contributed by atoms with Gasteiger partial charge in [0.15, 0.2) is 0 Å². The van der Waals surface area contributed by atoms with E-state index in [1.54, 1.807) is 0 Å². The van der Waals surface area contributed by atoms with Crippen molar-refractivity contribution in [1.82, 2.24) is 14.9 Å². The van der Waals surface area contributed by atoms with Crippen molar-refractivity contribution in [2.24, 2.45) is 0 Å². The molecular formula is C9H15N3O5S. The van der Waals surface area contributed by atoms with Gasteiger partial charge < -0.3 is 10.2 Å². The van der Waals surface area contributed by atoms with Crippen molar-refractivity contribution in [3.05, 3.63) is 11.9 Å². The van der Waals surface area contributed by atoms with Crippen LogP contribution in [-0.2, 0) is 14.8 Å². The van der Waals surface area contributed by atoms with Crippen LogP contribution in [0.5, 0.6) is 0 Å². The Morgan fingerprint density at radius 3 is 2.67 bits per heavy atom. The molecule has 0 aromatic carbocycles. The molecule has 1 aromatic heterocycles. The Morgan fingerprint density at radius 2 is 2.22 bits per heavy atom. The lowest BCUT2D eigenvalue weighted by Gasteiger charge is -2.21. The van der Waals surface area contributed by atoms with Crippen molar-refractivity contribution < 1.29 is 23.4 Å². The van der Waals surface area contributed by atoms with E-state index in [9.17, 15) is 18.3 Å². The first-order valence-corrected chi connectivity index (χ1v) is 6.56. The SMILES string of the molecule is Cc1[nH]ncc1S(=O)(=O)NCC(C)(O)CC(=O)O. The lowest BCUT2D eigenvalue weighted by Crippen LogP contribution is -2.42. The lowest BCUT2D eigenvalue weighted by molar-refractivity contribution is -0.141. The third-order valence-electron chi connectivity index (χ3n) is 2.25. The summed E-state index contributed by atoms with van der Waals surface area (Å²) in [4.78, 5) is 10.4. The fraction of sp³-hybridized carbons (Fsp3) is 0.556. The van der Waals surface area contributed by atoms with Crippen LogP contribution in [0.3, 0.4) is 0 Å². The average molecular weight is 277 g/mol. The molecule has 1 unspecified atom stereocenters. The Labute approximate surface area is 104 Å². The summed E-state index contributed by atoms with van der Waals surface area (Å²) in [5, 5.41) is 24.3. The number of rotatable bonds is 6. The lowest BCUT2D eigenvalue weighted by atomic mass is 10.0. The van der Waals surface area contributed by atoms with Gasteiger partial charge in [-0.3, -0.25) is 9.89 Å². The molecule has 0 radical (unpaired) electrons. The molecule has 1 rings (SSSR count). The summed E-state index contributed by atoms with van der Waals surface area (Å²) in [6.45, 7) is 2.38. The van der Waals surface area contributed by atoms with E-state index >= 15 is 0 Å². The highest BCUT2D eigenvalue weighted by Crippen LogP contribution is 2.13. The first kappa shape index (κ1) is 14.6. The topological polar surface area (TPSA) is 132 Å². The Balaban J connectivity index is 2.75. The van der Waals surface area contributed by atoms with E-state index in [1.165, 1.54) is 13.8 Å². The van der Waals surface area contributed by atoms with Gasteiger partial charge in [-0.25, -0.2) is 13.1 Å². The molecule has 1 aromatic rings. The number of aromatic amines is 1. The maximum absolute atomic E-state index is 11.8. The van der Waals surface area contributed by atoms with Gasteiger partial charge in [0.05, 0.1) is 23.9 Å². The number of aryl methyl sites for hydroxylation is 1. The quantitative estimate of drug-likeness (QED) is 0.539. The summed E-state index contributed by atoms with van der Waals surface area (Å²) >= 11 is 0. The van der Waals surface area contributed by atoms with E-state index in [2.05, 4.69) is 14.9 Å². The fourth-order valence-corrected chi connectivity index (χ4v) is 2.62. The molecule has 0 aliphatic rings. The van der Waals surface area contributed by atoms with Gasteiger partial charge in [-0.15, -0.1) is 0 Å². The minimum atomic E-state index is -3.81. The molecule has 0 bridgehead atoms. The summed E-state index contributed by atoms with van der Waals surface area (Å²) in [6.07, 6.45) is 0.587. The molecule has 0 fully saturated rings. The van der Waals surface area contributed by atoms with Gasteiger partial charge in [0.1, 0.15) is 4.90 Å². The molecule has 18 heavy (non-hydrogen) atoms. The van der Waals surface area contributed by atoms with E-state index in [4.69, 9.17) is 5.11 Å². The Bertz CT molecular complexity index is 534. The highest BCUT2D eigenvalue weighted by molar-refractivity contribution is 7.89. The van der Waals surface area contributed by atoms with E-state index < -0.39 is 34.6 Å². The van der Waals surface area contributed by atoms with Gasteiger partial charge in [-0.05, 0) is 13.8 Å². The molecule has 1 heterocycles. The monoisotopic (exact) mass is 277 g/mol. The highest BCUT2D eigenvalue weighted by Gasteiger charge is 2.28. The predicted molar refractivity (Wildman–Crippen MR) is 61.4 cm³/mol. The maximum Gasteiger partial charge on any atom is 0.306 e. The number of hydrogen-bond donors (Lipinski definition) is 4. The van der Waals surface area contributed by atoms with Crippen molar-refractivity contribution in [3.63, 3.8) is 0 Å². The molecular weight excluding hydrogens is 262 g/mol. The standard InChI is InChI=1S/C9H15N3O5S/c1-6-7(4-10-12-6)18(16,17)11-5-9(2,15)3-8(13)14/h4,11,15H,3,5H2,1-2H3,(H,10,12)(H,13,14). The number of aromatic nitrogens is 2. The second-order valence-corrected chi connectivity index (χ2v) is 5.99. The van der Waals surface area contributed by atoms with E-state index in [0.29, 0.717) is 5.69 Å². The molecule has 0 saturated heterocycles. The number of nitrogens with zero attached hydrogens (tertiary/aromatic N) is 1. The summed E-state index contributed by atoms with van der Waals surface area (Å²) in [7, 11) is -3.81. The molecule has 4 N–H and O–H groups in total. The molecule has 0 saturated carbocycles. The van der Waals surface area contributed by atoms with Crippen LogP contribution in [-0.4, -0.2) is 46.9 Å². The normalized spacial score (nSPS) is 15.3. The summed E-state index contributed by atoms with van der Waals surface area (Å²) in [5.41, 5.74) is -1.29. The average Bonchev–Trinajstić information content (AvgIpc) is 2.61. The minimum absolute atomic E-state index is 0.0337. The highest BCUT2D eigenvalue weighted by atomic mass is 32.2. The van der Waals surface area contributed by atoms with Crippen LogP contribution in [0.4, 0.5) is 0 Å². The molecule has 8 nitrogen and oxygen atoms in total. The zero-order chi connectivity index (χ0) is 14.0. The Morgan fingerprint density at radius 1 is 1.61 bits per heavy atom. The summed E-state index contributed by atoms with van der Waals surface area (Å²) in [6, 6.07) is 0. The molecule has 0 spiro atoms. The second-order valence-electron chi connectivity index (χ2n) is 4.25. The number of sulfonamides is 1. The number of carboxylic acids is 1. The Hall–Kier alpha value is -1.45. The van der Waals surface area contributed by atoms with Gasteiger partial charge in [-0.1, -0.05) is 0 Å². The molecule has 9 heteroatoms. The zero-order valence-corrected chi connectivity index (χ0v) is 10.8. The van der Waals surface area contributed by atoms with Gasteiger partial charge in [0, 0.05) is 6.54 Å². The number of H-pyrrole nitrogens is 1. The number of carboxylic acid groups (broad SMARTS) is 1. The van der Waals surface area contributed by atoms with E-state index in [0.717, 1.165) is 6.20 Å². The molecule has 0 aliphatic heterocycles. The zero-order valence-electron chi connectivity index (χ0n) is 9.97. The smallest absolute Gasteiger partial charge is 0.306 e. The summed E-state index contributed by atoms with van der Waals surface area (Å²) in [5.74, 6) is -1.21. The van der Waals surface area contributed by atoms with Crippen LogP contribution in [0.15, 0.2) is 11.1 Å². The number of hydrogen-bond acceptors (Lipinski definition) is 5. The van der Waals surface area contributed by atoms with Crippen molar-refractivity contribution in [1.29, 1.82) is 0 Å². The largest absolute Gasteiger partial charge is 0.481 e. The third-order valence-corrected chi connectivity index (χ3v) is 3.76. The molecule has 1 atom stereocenters. The first-order chi connectivity index (χ1) is 8.14. The van der Waals surface area contributed by atoms with Gasteiger partial charge in [-0.2, -0.15) is 5.10 Å². The molecule has 0 amide bonds. The summed E-state index contributed by atoms with van der Waals surface area (Å²) < 4.78 is 25.8. The number of carbonyl (C=O) groups is 1. The van der Waals surface area contributed by atoms with Crippen LogP contribution in [0.1, 0.15) is 19.0 Å². The van der Waals surface area contributed by atoms with Crippen LogP contribution >= 0.6 is 0 Å². The van der Waals surface area contributed by atoms with Crippen molar-refractivity contribution in [2.45, 2.75) is 30.8 Å². The van der Waals surface area contributed by atoms with Crippen LogP contribution < -0.4 is 4.72 Å². The van der Waals surface area contributed by atoms with Gasteiger partial charge in [0.25, 0.3) is 0 Å². The van der Waals surface area contributed by atoms with Crippen molar-refractivity contribution >= 4 is 16.0 Å². The van der Waals surface area contributed by atoms with Crippen LogP contribution in [0.25, 0.3) is 0 Å². The van der Waals surface area contributed by atoms with Crippen LogP contribution in [0, 0.1) is 6.92 Å². The minimum Gasteiger partial charge on any atom is -0.481 e. The van der Waals surface area contributed by atoms with Crippen molar-refractivity contribution in [2.75, 3.05) is 6.54 Å². The van der Waals surface area contributed by atoms with Crippen molar-refractivity contribution in [3.8, 4) is 0 Å². The third kappa shape index (κ3) is 3.79. The first-order valence-electron chi connectivity index (χ1n) is 5.08. The van der Waals surface area contributed by atoms with Gasteiger partial charge >= 0.3 is 5.97 Å². The molecule has 0 aliphatic carbocycles. The Kier molecular flexibility index (Phi) is 4.09. The number of nitrogens with one attached hydrogen (secondary N) is 2. The number of aliphatic carboxylic acids is 1. The van der Waals surface area contributed by atoms with E-state index in [-0.39, 0.29) is 4.90 Å². The number of aliphatic hydroxyl groups is 1. The maximum atomic E-state index is 11.8.